The van der Waals surface area contributed by atoms with Crippen LogP contribution in [0.1, 0.15) is 40.5 Å². The fourth-order valence-electron chi connectivity index (χ4n) is 4.70. The van der Waals surface area contributed by atoms with Crippen molar-refractivity contribution in [1.29, 1.82) is 0 Å². The summed E-state index contributed by atoms with van der Waals surface area (Å²) in [5, 5.41) is 31.5. The second kappa shape index (κ2) is 5.96. The van der Waals surface area contributed by atoms with Crippen LogP contribution in [0.5, 0.6) is 5.75 Å². The van der Waals surface area contributed by atoms with Crippen molar-refractivity contribution in [2.24, 2.45) is 0 Å². The topological polar surface area (TPSA) is 140 Å². The zero-order valence-corrected chi connectivity index (χ0v) is 15.3. The number of phenolic OH excluding ortho intramolecular Hbond substituents is 1. The molecular weight excluding hydrogens is 384 g/mol. The molecule has 1 spiro atoms. The number of ether oxygens (including phenoxy) is 3. The van der Waals surface area contributed by atoms with Gasteiger partial charge in [0.15, 0.2) is 17.7 Å². The zero-order valence-electron chi connectivity index (χ0n) is 15.3. The third-order valence-corrected chi connectivity index (χ3v) is 5.88. The van der Waals surface area contributed by atoms with E-state index >= 15 is 0 Å². The summed E-state index contributed by atoms with van der Waals surface area (Å²) in [5.74, 6) is -4.60. The normalized spacial score (nSPS) is 38.6. The monoisotopic (exact) mass is 402 g/mol. The molecule has 2 fully saturated rings. The number of ketones is 2. The van der Waals surface area contributed by atoms with Gasteiger partial charge in [0, 0.05) is 12.0 Å². The lowest BCUT2D eigenvalue weighted by Crippen LogP contribution is -2.66. The smallest absolute Gasteiger partial charge is 0.309 e. The first-order valence-electron chi connectivity index (χ1n) is 9.32. The molecule has 1 aromatic carbocycles. The largest absolute Gasteiger partial charge is 0.507 e. The van der Waals surface area contributed by atoms with Crippen molar-refractivity contribution in [1.82, 2.24) is 0 Å². The van der Waals surface area contributed by atoms with Gasteiger partial charge in [-0.3, -0.25) is 14.4 Å². The van der Waals surface area contributed by atoms with Crippen molar-refractivity contribution in [3.05, 3.63) is 40.5 Å². The molecule has 9 nitrogen and oxygen atoms in total. The maximum absolute atomic E-state index is 13.5. The molecular formula is C20H18O9. The zero-order chi connectivity index (χ0) is 20.7. The molecule has 3 N–H and O–H groups in total. The average molecular weight is 402 g/mol. The number of rotatable bonds is 0. The van der Waals surface area contributed by atoms with Crippen LogP contribution in [0.3, 0.4) is 0 Å². The highest BCUT2D eigenvalue weighted by Crippen LogP contribution is 2.50. The fraction of sp³-hybridized carbons (Fsp3) is 0.450. The molecule has 9 heteroatoms. The molecule has 6 atom stereocenters. The van der Waals surface area contributed by atoms with Gasteiger partial charge in [-0.05, 0) is 13.0 Å². The number of aliphatic hydroxyl groups excluding tert-OH is 2. The van der Waals surface area contributed by atoms with E-state index in [-0.39, 0.29) is 35.1 Å². The van der Waals surface area contributed by atoms with Gasteiger partial charge < -0.3 is 29.5 Å². The van der Waals surface area contributed by atoms with E-state index in [0.29, 0.717) is 0 Å². The number of aliphatic hydroxyl groups is 2. The number of hydrogen-bond acceptors (Lipinski definition) is 9. The van der Waals surface area contributed by atoms with Gasteiger partial charge in [0.2, 0.25) is 5.79 Å². The van der Waals surface area contributed by atoms with Gasteiger partial charge in [-0.15, -0.1) is 0 Å². The van der Waals surface area contributed by atoms with Gasteiger partial charge >= 0.3 is 5.97 Å². The minimum absolute atomic E-state index is 0.0357. The Morgan fingerprint density at radius 1 is 1.10 bits per heavy atom. The number of aromatic hydroxyl groups is 1. The summed E-state index contributed by atoms with van der Waals surface area (Å²) >= 11 is 0. The van der Waals surface area contributed by atoms with Crippen LogP contribution < -0.4 is 0 Å². The number of phenols is 1. The van der Waals surface area contributed by atoms with Gasteiger partial charge in [0.25, 0.3) is 0 Å². The standard InChI is InChI=1S/C20H18O9/c1-7-5-10(22)19(26)20(28-7)15-14(18-11(29-20)6-12(23)27-18)16(24)8-3-2-4-9(21)13(8)17(15)25/h2-4,7,10-11,18-19,21-22,26H,5-6H2,1H3/t7-,10+,11-,18+,19-,20-/m1/s1. The summed E-state index contributed by atoms with van der Waals surface area (Å²) in [6, 6.07) is 4.08. The summed E-state index contributed by atoms with van der Waals surface area (Å²) in [7, 11) is 0. The molecule has 5 rings (SSSR count). The number of esters is 1. The minimum atomic E-state index is -2.16. The van der Waals surface area contributed by atoms with Gasteiger partial charge in [0.05, 0.1) is 35.3 Å². The first-order valence-corrected chi connectivity index (χ1v) is 9.32. The number of fused-ring (bicyclic) bond motifs is 4. The molecule has 0 aromatic heterocycles. The average Bonchev–Trinajstić information content (AvgIpc) is 3.02. The fourth-order valence-corrected chi connectivity index (χ4v) is 4.70. The lowest BCUT2D eigenvalue weighted by molar-refractivity contribution is -0.336. The Kier molecular flexibility index (Phi) is 3.79. The number of carbonyl (C=O) groups is 3. The highest BCUT2D eigenvalue weighted by molar-refractivity contribution is 6.29. The van der Waals surface area contributed by atoms with Crippen molar-refractivity contribution in [3.63, 3.8) is 0 Å². The number of hydrogen-bond donors (Lipinski definition) is 3. The van der Waals surface area contributed by atoms with E-state index in [4.69, 9.17) is 14.2 Å². The van der Waals surface area contributed by atoms with Crippen LogP contribution in [0, 0.1) is 0 Å². The highest BCUT2D eigenvalue weighted by atomic mass is 16.7. The summed E-state index contributed by atoms with van der Waals surface area (Å²) in [6.07, 6.45) is -5.82. The third-order valence-electron chi connectivity index (χ3n) is 5.88. The molecule has 3 aliphatic heterocycles. The molecule has 1 aliphatic carbocycles. The maximum atomic E-state index is 13.5. The molecule has 0 bridgehead atoms. The van der Waals surface area contributed by atoms with Gasteiger partial charge in [-0.2, -0.15) is 0 Å². The molecule has 4 aliphatic rings. The summed E-state index contributed by atoms with van der Waals surface area (Å²) < 4.78 is 17.1. The molecule has 1 aromatic rings. The Hall–Kier alpha value is -2.59. The minimum Gasteiger partial charge on any atom is -0.507 e. The van der Waals surface area contributed by atoms with Crippen LogP contribution in [0.2, 0.25) is 0 Å². The molecule has 0 amide bonds. The molecule has 2 saturated heterocycles. The van der Waals surface area contributed by atoms with Crippen LogP contribution in [0.15, 0.2) is 29.3 Å². The van der Waals surface area contributed by atoms with Crippen molar-refractivity contribution in [2.75, 3.05) is 0 Å². The maximum Gasteiger partial charge on any atom is 0.309 e. The molecule has 152 valence electrons. The third kappa shape index (κ3) is 2.32. The van der Waals surface area contributed by atoms with E-state index in [1.807, 2.05) is 0 Å². The molecule has 0 unspecified atom stereocenters. The number of carbonyl (C=O) groups excluding carboxylic acids is 3. The van der Waals surface area contributed by atoms with Crippen LogP contribution in [0.4, 0.5) is 0 Å². The van der Waals surface area contributed by atoms with Crippen LogP contribution in [-0.4, -0.2) is 69.2 Å². The van der Waals surface area contributed by atoms with Crippen molar-refractivity contribution in [3.8, 4) is 5.75 Å². The van der Waals surface area contributed by atoms with E-state index < -0.39 is 59.6 Å². The van der Waals surface area contributed by atoms with Crippen molar-refractivity contribution >= 4 is 17.5 Å². The summed E-state index contributed by atoms with van der Waals surface area (Å²) in [6.45, 7) is 1.63. The van der Waals surface area contributed by atoms with Gasteiger partial charge in [0.1, 0.15) is 18.0 Å². The van der Waals surface area contributed by atoms with Crippen LogP contribution in [-0.2, 0) is 19.0 Å². The first kappa shape index (κ1) is 18.4. The molecule has 0 radical (unpaired) electrons. The molecule has 3 heterocycles. The molecule has 29 heavy (non-hydrogen) atoms. The summed E-state index contributed by atoms with van der Waals surface area (Å²) in [5.41, 5.74) is -0.766. The van der Waals surface area contributed by atoms with E-state index in [0.717, 1.165) is 0 Å². The van der Waals surface area contributed by atoms with Gasteiger partial charge in [-0.25, -0.2) is 0 Å². The lowest BCUT2D eigenvalue weighted by atomic mass is 9.73. The second-order valence-electron chi connectivity index (χ2n) is 7.76. The Labute approximate surface area is 164 Å². The van der Waals surface area contributed by atoms with Crippen LogP contribution >= 0.6 is 0 Å². The Morgan fingerprint density at radius 3 is 2.62 bits per heavy atom. The number of benzene rings is 1. The van der Waals surface area contributed by atoms with Crippen molar-refractivity contribution < 1.29 is 43.9 Å². The van der Waals surface area contributed by atoms with E-state index in [9.17, 15) is 29.7 Å². The SMILES string of the molecule is C[C@@H]1C[C@H](O)[C@@H](O)[C@]2(O1)O[C@@H]1CC(=O)O[C@@H]1C1=C2C(=O)c2c(O)cccc2C1=O. The predicted octanol–water partition coefficient (Wildman–Crippen LogP) is 0.00900. The van der Waals surface area contributed by atoms with Crippen molar-refractivity contribution in [2.45, 2.75) is 56.1 Å². The first-order chi connectivity index (χ1) is 13.7. The van der Waals surface area contributed by atoms with Crippen LogP contribution in [0.25, 0.3) is 0 Å². The second-order valence-corrected chi connectivity index (χ2v) is 7.76. The Balaban J connectivity index is 1.80. The quantitative estimate of drug-likeness (QED) is 0.512. The highest BCUT2D eigenvalue weighted by Gasteiger charge is 2.64. The van der Waals surface area contributed by atoms with E-state index in [1.165, 1.54) is 18.2 Å². The predicted molar refractivity (Wildman–Crippen MR) is 93.1 cm³/mol. The van der Waals surface area contributed by atoms with Gasteiger partial charge in [-0.1, -0.05) is 12.1 Å². The number of Topliss-reactive ketones (excluding diaryl/α,β-unsaturated/α-hetero) is 2. The molecule has 0 saturated carbocycles. The Morgan fingerprint density at radius 2 is 1.86 bits per heavy atom. The lowest BCUT2D eigenvalue weighted by Gasteiger charge is -2.51. The van der Waals surface area contributed by atoms with E-state index in [1.54, 1.807) is 6.92 Å². The Bertz CT molecular complexity index is 996. The summed E-state index contributed by atoms with van der Waals surface area (Å²) in [4.78, 5) is 38.7. The van der Waals surface area contributed by atoms with E-state index in [2.05, 4.69) is 0 Å².